The Morgan fingerprint density at radius 2 is 1.94 bits per heavy atom. The second kappa shape index (κ2) is 19.3. The lowest BCUT2D eigenvalue weighted by molar-refractivity contribution is -0.121. The van der Waals surface area contributed by atoms with Crippen LogP contribution >= 0.6 is 51.2 Å². The molecule has 0 spiro atoms. The van der Waals surface area contributed by atoms with Crippen molar-refractivity contribution in [3.63, 3.8) is 0 Å². The van der Waals surface area contributed by atoms with Gasteiger partial charge in [-0.15, -0.1) is 12.4 Å². The average molecular weight is 323 g/mol. The molecular formula is C10H27ClN2OS3. The van der Waals surface area contributed by atoms with Crippen LogP contribution in [0.2, 0.25) is 0 Å². The van der Waals surface area contributed by atoms with Gasteiger partial charge in [0.05, 0.1) is 6.04 Å². The molecule has 3 nitrogen and oxygen atoms in total. The minimum atomic E-state index is 0. The van der Waals surface area contributed by atoms with Gasteiger partial charge in [-0.2, -0.15) is 38.8 Å². The van der Waals surface area contributed by atoms with E-state index in [-0.39, 0.29) is 45.4 Å². The van der Waals surface area contributed by atoms with E-state index in [0.29, 0.717) is 18.7 Å². The van der Waals surface area contributed by atoms with E-state index in [1.165, 1.54) is 0 Å². The Balaban J connectivity index is -0.000000282. The van der Waals surface area contributed by atoms with Gasteiger partial charge in [0.25, 0.3) is 0 Å². The van der Waals surface area contributed by atoms with Crippen molar-refractivity contribution in [1.82, 2.24) is 5.32 Å². The summed E-state index contributed by atoms with van der Waals surface area (Å²) in [5.41, 5.74) is 5.37. The quantitative estimate of drug-likeness (QED) is 0.634. The zero-order chi connectivity index (χ0) is 10.8. The van der Waals surface area contributed by atoms with Crippen molar-refractivity contribution in [1.29, 1.82) is 0 Å². The van der Waals surface area contributed by atoms with Gasteiger partial charge in [0.2, 0.25) is 0 Å². The van der Waals surface area contributed by atoms with E-state index >= 15 is 0 Å². The summed E-state index contributed by atoms with van der Waals surface area (Å²) in [4.78, 5) is 11.6. The SMILES string of the molecule is CN[C@@H](CCSC)C(=O)CCCCN.Cl.S.S. The van der Waals surface area contributed by atoms with Crippen LogP contribution in [0.3, 0.4) is 0 Å². The number of hydrogen-bond acceptors (Lipinski definition) is 4. The summed E-state index contributed by atoms with van der Waals surface area (Å²) in [5.74, 6) is 1.36. The van der Waals surface area contributed by atoms with Crippen LogP contribution < -0.4 is 11.1 Å². The van der Waals surface area contributed by atoms with E-state index in [1.807, 2.05) is 7.05 Å². The molecule has 0 unspecified atom stereocenters. The zero-order valence-corrected chi connectivity index (χ0v) is 14.3. The molecule has 0 saturated heterocycles. The van der Waals surface area contributed by atoms with Crippen LogP contribution in [0.1, 0.15) is 25.7 Å². The number of nitrogens with two attached hydrogens (primary N) is 1. The summed E-state index contributed by atoms with van der Waals surface area (Å²) >= 11 is 1.78. The van der Waals surface area contributed by atoms with Crippen molar-refractivity contribution in [2.24, 2.45) is 5.73 Å². The van der Waals surface area contributed by atoms with E-state index in [4.69, 9.17) is 5.73 Å². The first kappa shape index (κ1) is 26.5. The van der Waals surface area contributed by atoms with Crippen molar-refractivity contribution in [2.45, 2.75) is 31.7 Å². The Morgan fingerprint density at radius 1 is 1.35 bits per heavy atom. The summed E-state index contributed by atoms with van der Waals surface area (Å²) in [7, 11) is 1.85. The molecule has 0 amide bonds. The zero-order valence-electron chi connectivity index (χ0n) is 10.6. The monoisotopic (exact) mass is 322 g/mol. The summed E-state index contributed by atoms with van der Waals surface area (Å²) in [6, 6.07) is 0.0419. The first-order chi connectivity index (χ1) is 6.76. The predicted octanol–water partition coefficient (Wildman–Crippen LogP) is 1.67. The van der Waals surface area contributed by atoms with Gasteiger partial charge in [0, 0.05) is 6.42 Å². The van der Waals surface area contributed by atoms with Crippen LogP contribution in [-0.4, -0.2) is 37.4 Å². The minimum absolute atomic E-state index is 0. The van der Waals surface area contributed by atoms with E-state index in [1.54, 1.807) is 11.8 Å². The molecule has 0 aliphatic carbocycles. The Morgan fingerprint density at radius 3 is 2.35 bits per heavy atom. The summed E-state index contributed by atoms with van der Waals surface area (Å²) < 4.78 is 0. The van der Waals surface area contributed by atoms with E-state index in [9.17, 15) is 4.79 Å². The standard InChI is InChI=1S/C10H22N2OS.ClH.2H2S/c1-12-9(6-8-14-2)10(13)5-3-4-7-11;;;/h9,12H,3-8,11H2,1-2H3;1H;2*1H2/t9-;;;/m0.../s1. The molecule has 17 heavy (non-hydrogen) atoms. The molecule has 108 valence electrons. The highest BCUT2D eigenvalue weighted by molar-refractivity contribution is 7.98. The topological polar surface area (TPSA) is 55.1 Å². The number of likely N-dealkylation sites (N-methyl/N-ethyl adjacent to an activating group) is 1. The first-order valence-corrected chi connectivity index (χ1v) is 6.54. The highest BCUT2D eigenvalue weighted by Crippen LogP contribution is 2.05. The lowest BCUT2D eigenvalue weighted by Crippen LogP contribution is -2.34. The molecule has 0 aliphatic heterocycles. The van der Waals surface area contributed by atoms with Crippen LogP contribution in [0.15, 0.2) is 0 Å². The largest absolute Gasteiger partial charge is 0.330 e. The van der Waals surface area contributed by atoms with Gasteiger partial charge in [-0.05, 0) is 44.9 Å². The predicted molar refractivity (Wildman–Crippen MR) is 91.8 cm³/mol. The van der Waals surface area contributed by atoms with Crippen LogP contribution in [0.4, 0.5) is 0 Å². The van der Waals surface area contributed by atoms with Gasteiger partial charge >= 0.3 is 0 Å². The maximum atomic E-state index is 11.6. The molecule has 0 rings (SSSR count). The number of Topliss-reactive ketones (excluding diaryl/α,β-unsaturated/α-hetero) is 1. The van der Waals surface area contributed by atoms with Gasteiger partial charge in [-0.3, -0.25) is 4.79 Å². The number of halogens is 1. The van der Waals surface area contributed by atoms with E-state index in [2.05, 4.69) is 11.6 Å². The second-order valence-corrected chi connectivity index (χ2v) is 4.32. The van der Waals surface area contributed by atoms with Gasteiger partial charge in [0.1, 0.15) is 5.78 Å². The summed E-state index contributed by atoms with van der Waals surface area (Å²) in [5, 5.41) is 3.07. The lowest BCUT2D eigenvalue weighted by atomic mass is 10.0. The van der Waals surface area contributed by atoms with Crippen molar-refractivity contribution >= 4 is 56.9 Å². The fourth-order valence-electron chi connectivity index (χ4n) is 1.32. The molecule has 0 aliphatic rings. The fraction of sp³-hybridized carbons (Fsp3) is 0.900. The van der Waals surface area contributed by atoms with Gasteiger partial charge in [0.15, 0.2) is 0 Å². The van der Waals surface area contributed by atoms with Crippen molar-refractivity contribution < 1.29 is 4.79 Å². The maximum absolute atomic E-state index is 11.6. The number of thioether (sulfide) groups is 1. The third-order valence-electron chi connectivity index (χ3n) is 2.23. The molecule has 0 bridgehead atoms. The number of ketones is 1. The van der Waals surface area contributed by atoms with Crippen molar-refractivity contribution in [3.05, 3.63) is 0 Å². The summed E-state index contributed by atoms with van der Waals surface area (Å²) in [6.45, 7) is 0.683. The van der Waals surface area contributed by atoms with E-state index in [0.717, 1.165) is 25.0 Å². The molecule has 0 fully saturated rings. The first-order valence-electron chi connectivity index (χ1n) is 5.15. The fourth-order valence-corrected chi connectivity index (χ4v) is 1.79. The Kier molecular flexibility index (Phi) is 30.0. The lowest BCUT2D eigenvalue weighted by Gasteiger charge is -2.13. The number of unbranched alkanes of at least 4 members (excludes halogenated alkanes) is 1. The van der Waals surface area contributed by atoms with Crippen LogP contribution in [0.25, 0.3) is 0 Å². The van der Waals surface area contributed by atoms with Crippen molar-refractivity contribution in [3.8, 4) is 0 Å². The maximum Gasteiger partial charge on any atom is 0.149 e. The minimum Gasteiger partial charge on any atom is -0.330 e. The third kappa shape index (κ3) is 14.9. The molecule has 0 aromatic carbocycles. The van der Waals surface area contributed by atoms with Gasteiger partial charge < -0.3 is 11.1 Å². The van der Waals surface area contributed by atoms with Gasteiger partial charge in [-0.1, -0.05) is 0 Å². The number of carbonyl (C=O) groups excluding carboxylic acids is 1. The van der Waals surface area contributed by atoms with Crippen LogP contribution in [0, 0.1) is 0 Å². The summed E-state index contributed by atoms with van der Waals surface area (Å²) in [6.07, 6.45) is 5.53. The number of rotatable bonds is 9. The molecule has 0 aromatic heterocycles. The molecule has 0 saturated carbocycles. The number of carbonyl (C=O) groups is 1. The highest BCUT2D eigenvalue weighted by Gasteiger charge is 2.14. The molecule has 3 N–H and O–H groups in total. The van der Waals surface area contributed by atoms with Crippen LogP contribution in [0.5, 0.6) is 0 Å². The average Bonchev–Trinajstić information content (AvgIpc) is 2.19. The van der Waals surface area contributed by atoms with E-state index < -0.39 is 0 Å². The Labute approximate surface area is 130 Å². The molecule has 7 heteroatoms. The second-order valence-electron chi connectivity index (χ2n) is 3.33. The molecular weight excluding hydrogens is 296 g/mol. The molecule has 1 atom stereocenters. The highest BCUT2D eigenvalue weighted by atomic mass is 35.5. The molecule has 0 aromatic rings. The third-order valence-corrected chi connectivity index (χ3v) is 2.87. The Bertz CT molecular complexity index is 164. The Hall–Kier alpha value is 0.930. The smallest absolute Gasteiger partial charge is 0.149 e. The number of hydrogen-bond donors (Lipinski definition) is 2. The van der Waals surface area contributed by atoms with Crippen LogP contribution in [-0.2, 0) is 4.79 Å². The normalized spacial score (nSPS) is 10.5. The van der Waals surface area contributed by atoms with Gasteiger partial charge in [-0.25, -0.2) is 0 Å². The molecule has 0 heterocycles. The van der Waals surface area contributed by atoms with Crippen molar-refractivity contribution in [2.75, 3.05) is 25.6 Å². The molecule has 0 radical (unpaired) electrons. The number of nitrogens with one attached hydrogen (secondary N) is 1.